The highest BCUT2D eigenvalue weighted by atomic mass is 16.2. The molecular weight excluding hydrogens is 398 g/mol. The summed E-state index contributed by atoms with van der Waals surface area (Å²) in [5, 5.41) is 8.56. The molecule has 9 nitrogen and oxygen atoms in total. The summed E-state index contributed by atoms with van der Waals surface area (Å²) >= 11 is 0. The number of carbonyl (C=O) groups excluding carboxylic acids is 4. The van der Waals surface area contributed by atoms with E-state index in [0.29, 0.717) is 32.5 Å². The molecule has 1 saturated carbocycles. The number of likely N-dealkylation sites (tertiary alicyclic amines) is 1. The minimum Gasteiger partial charge on any atom is -0.352 e. The fourth-order valence-corrected chi connectivity index (χ4v) is 4.37. The molecule has 0 aromatic heterocycles. The van der Waals surface area contributed by atoms with Crippen molar-refractivity contribution in [2.45, 2.75) is 44.2 Å². The van der Waals surface area contributed by atoms with Gasteiger partial charge >= 0.3 is 6.03 Å². The van der Waals surface area contributed by atoms with Crippen LogP contribution in [0.2, 0.25) is 0 Å². The number of hydrogen-bond donors (Lipinski definition) is 3. The number of para-hydroxylation sites is 1. The maximum atomic E-state index is 12.6. The lowest BCUT2D eigenvalue weighted by Gasteiger charge is -2.32. The molecule has 2 aliphatic heterocycles. The van der Waals surface area contributed by atoms with Crippen molar-refractivity contribution >= 4 is 29.4 Å². The summed E-state index contributed by atoms with van der Waals surface area (Å²) in [7, 11) is 0. The molecule has 0 radical (unpaired) electrons. The second kappa shape index (κ2) is 8.66. The van der Waals surface area contributed by atoms with Crippen LogP contribution in [0.4, 0.5) is 10.5 Å². The molecule has 166 valence electrons. The van der Waals surface area contributed by atoms with Crippen LogP contribution in [-0.2, 0) is 14.4 Å². The van der Waals surface area contributed by atoms with Crippen molar-refractivity contribution in [2.75, 3.05) is 31.5 Å². The van der Waals surface area contributed by atoms with Gasteiger partial charge in [-0.3, -0.25) is 24.2 Å². The van der Waals surface area contributed by atoms with Gasteiger partial charge in [0.25, 0.3) is 5.91 Å². The quantitative estimate of drug-likeness (QED) is 0.561. The summed E-state index contributed by atoms with van der Waals surface area (Å²) in [4.78, 5) is 52.6. The van der Waals surface area contributed by atoms with Crippen LogP contribution in [0.15, 0.2) is 30.3 Å². The molecule has 2 heterocycles. The van der Waals surface area contributed by atoms with Gasteiger partial charge in [0.1, 0.15) is 12.1 Å². The molecule has 3 fully saturated rings. The van der Waals surface area contributed by atoms with Crippen LogP contribution < -0.4 is 16.0 Å². The topological polar surface area (TPSA) is 111 Å². The molecule has 0 bridgehead atoms. The summed E-state index contributed by atoms with van der Waals surface area (Å²) in [6, 6.07) is 8.80. The Bertz CT molecular complexity index is 864. The van der Waals surface area contributed by atoms with Crippen LogP contribution in [0.25, 0.3) is 0 Å². The van der Waals surface area contributed by atoms with Gasteiger partial charge in [-0.25, -0.2) is 4.79 Å². The number of benzene rings is 1. The van der Waals surface area contributed by atoms with E-state index >= 15 is 0 Å². The van der Waals surface area contributed by atoms with Crippen LogP contribution in [0.3, 0.4) is 0 Å². The maximum absolute atomic E-state index is 12.6. The fourth-order valence-electron chi connectivity index (χ4n) is 4.37. The molecule has 1 atom stereocenters. The Morgan fingerprint density at radius 3 is 2.35 bits per heavy atom. The zero-order valence-corrected chi connectivity index (χ0v) is 17.7. The van der Waals surface area contributed by atoms with Crippen molar-refractivity contribution in [2.24, 2.45) is 5.92 Å². The van der Waals surface area contributed by atoms with Gasteiger partial charge in [0.2, 0.25) is 11.8 Å². The Kier molecular flexibility index (Phi) is 5.95. The predicted octanol–water partition coefficient (Wildman–Crippen LogP) is 0.926. The standard InChI is InChI=1S/C22H29N5O4/c1-22(15-7-8-15)20(30)27(21(31)25-22)14-19(29)24-17-9-11-26(12-10-17)13-18(28)23-16-5-3-2-4-6-16/h2-6,15,17H,7-14H2,1H3,(H,23,28)(H,24,29)(H,25,31). The number of anilines is 1. The fraction of sp³-hybridized carbons (Fsp3) is 0.545. The number of nitrogens with zero attached hydrogens (tertiary/aromatic N) is 2. The molecule has 2 saturated heterocycles. The lowest BCUT2D eigenvalue weighted by atomic mass is 9.96. The number of piperidine rings is 1. The van der Waals surface area contributed by atoms with Crippen LogP contribution in [0.1, 0.15) is 32.6 Å². The molecule has 9 heteroatoms. The van der Waals surface area contributed by atoms with Crippen LogP contribution in [-0.4, -0.2) is 71.3 Å². The Labute approximate surface area is 181 Å². The average molecular weight is 428 g/mol. The third kappa shape index (κ3) is 4.87. The number of rotatable bonds is 7. The number of amides is 5. The van der Waals surface area contributed by atoms with Gasteiger partial charge < -0.3 is 16.0 Å². The van der Waals surface area contributed by atoms with Gasteiger partial charge in [0.05, 0.1) is 6.54 Å². The zero-order valence-electron chi connectivity index (χ0n) is 17.7. The van der Waals surface area contributed by atoms with E-state index in [0.717, 1.165) is 23.4 Å². The highest BCUT2D eigenvalue weighted by Crippen LogP contribution is 2.42. The molecule has 3 N–H and O–H groups in total. The van der Waals surface area contributed by atoms with E-state index in [1.54, 1.807) is 6.92 Å². The number of urea groups is 1. The van der Waals surface area contributed by atoms with E-state index in [2.05, 4.69) is 20.9 Å². The lowest BCUT2D eigenvalue weighted by Crippen LogP contribution is -2.50. The van der Waals surface area contributed by atoms with Gasteiger partial charge in [0.15, 0.2) is 0 Å². The van der Waals surface area contributed by atoms with Gasteiger partial charge in [-0.1, -0.05) is 18.2 Å². The molecule has 3 aliphatic rings. The Morgan fingerprint density at radius 2 is 1.71 bits per heavy atom. The van der Waals surface area contributed by atoms with E-state index in [-0.39, 0.29) is 36.2 Å². The van der Waals surface area contributed by atoms with Crippen molar-refractivity contribution in [1.82, 2.24) is 20.4 Å². The molecule has 1 aromatic rings. The number of carbonyl (C=O) groups is 4. The largest absolute Gasteiger partial charge is 0.352 e. The monoisotopic (exact) mass is 427 g/mol. The molecule has 1 aromatic carbocycles. The van der Waals surface area contributed by atoms with E-state index < -0.39 is 11.6 Å². The van der Waals surface area contributed by atoms with E-state index in [9.17, 15) is 19.2 Å². The van der Waals surface area contributed by atoms with Crippen LogP contribution in [0, 0.1) is 5.92 Å². The summed E-state index contributed by atoms with van der Waals surface area (Å²) in [5.41, 5.74) is -0.101. The van der Waals surface area contributed by atoms with Crippen molar-refractivity contribution in [1.29, 1.82) is 0 Å². The Morgan fingerprint density at radius 1 is 1.03 bits per heavy atom. The van der Waals surface area contributed by atoms with E-state index in [4.69, 9.17) is 0 Å². The summed E-state index contributed by atoms with van der Waals surface area (Å²) in [6.45, 7) is 3.17. The average Bonchev–Trinajstić information content (AvgIpc) is 3.56. The van der Waals surface area contributed by atoms with Crippen LogP contribution in [0.5, 0.6) is 0 Å². The van der Waals surface area contributed by atoms with Crippen molar-refractivity contribution in [3.63, 3.8) is 0 Å². The van der Waals surface area contributed by atoms with Crippen LogP contribution >= 0.6 is 0 Å². The smallest absolute Gasteiger partial charge is 0.325 e. The van der Waals surface area contributed by atoms with E-state index in [1.807, 2.05) is 30.3 Å². The van der Waals surface area contributed by atoms with Gasteiger partial charge in [-0.2, -0.15) is 0 Å². The predicted molar refractivity (Wildman–Crippen MR) is 114 cm³/mol. The number of imide groups is 1. The van der Waals surface area contributed by atoms with Crippen molar-refractivity contribution < 1.29 is 19.2 Å². The van der Waals surface area contributed by atoms with Crippen molar-refractivity contribution in [3.05, 3.63) is 30.3 Å². The first-order valence-electron chi connectivity index (χ1n) is 10.9. The minimum atomic E-state index is -0.872. The van der Waals surface area contributed by atoms with E-state index in [1.165, 1.54) is 0 Å². The Balaban J connectivity index is 1.19. The maximum Gasteiger partial charge on any atom is 0.325 e. The van der Waals surface area contributed by atoms with Gasteiger partial charge in [0, 0.05) is 24.8 Å². The molecule has 5 amide bonds. The molecular formula is C22H29N5O4. The zero-order chi connectivity index (χ0) is 22.0. The SMILES string of the molecule is CC1(C2CC2)NC(=O)N(CC(=O)NC2CCN(CC(=O)Nc3ccccc3)CC2)C1=O. The number of nitrogens with one attached hydrogen (secondary N) is 3. The lowest BCUT2D eigenvalue weighted by molar-refractivity contribution is -0.135. The first-order chi connectivity index (χ1) is 14.8. The summed E-state index contributed by atoms with van der Waals surface area (Å²) in [5.74, 6) is -0.537. The molecule has 0 spiro atoms. The van der Waals surface area contributed by atoms with Gasteiger partial charge in [-0.15, -0.1) is 0 Å². The second-order valence-corrected chi connectivity index (χ2v) is 8.83. The first-order valence-corrected chi connectivity index (χ1v) is 10.9. The summed E-state index contributed by atoms with van der Waals surface area (Å²) < 4.78 is 0. The number of hydrogen-bond acceptors (Lipinski definition) is 5. The minimum absolute atomic E-state index is 0.0310. The third-order valence-corrected chi connectivity index (χ3v) is 6.37. The summed E-state index contributed by atoms with van der Waals surface area (Å²) in [6.07, 6.45) is 3.27. The second-order valence-electron chi connectivity index (χ2n) is 8.83. The molecule has 31 heavy (non-hydrogen) atoms. The third-order valence-electron chi connectivity index (χ3n) is 6.37. The first kappa shape index (κ1) is 21.3. The van der Waals surface area contributed by atoms with Crippen molar-refractivity contribution in [3.8, 4) is 0 Å². The molecule has 1 unspecified atom stereocenters. The molecule has 1 aliphatic carbocycles. The highest BCUT2D eigenvalue weighted by molar-refractivity contribution is 6.09. The van der Waals surface area contributed by atoms with Gasteiger partial charge in [-0.05, 0) is 50.7 Å². The highest BCUT2D eigenvalue weighted by Gasteiger charge is 2.56. The normalized spacial score (nSPS) is 24.7. The Hall–Kier alpha value is -2.94. The molecule has 4 rings (SSSR count).